The Balaban J connectivity index is 2.93. The van der Waals surface area contributed by atoms with Gasteiger partial charge in [-0.3, -0.25) is 4.79 Å². The molecular weight excluding hydrogens is 182 g/mol. The predicted octanol–water partition coefficient (Wildman–Crippen LogP) is 1.59. The van der Waals surface area contributed by atoms with Crippen molar-refractivity contribution in [3.8, 4) is 0 Å². The number of alkyl halides is 1. The summed E-state index contributed by atoms with van der Waals surface area (Å²) in [5, 5.41) is 0.274. The number of aromatic amines is 1. The van der Waals surface area contributed by atoms with Gasteiger partial charge in [0.15, 0.2) is 7.20 Å². The Morgan fingerprint density at radius 3 is 3.22 bits per heavy atom. The fraction of sp³-hybridized carbons (Fsp3) is 0.167. The number of ketones is 1. The van der Waals surface area contributed by atoms with Crippen LogP contribution in [0.2, 0.25) is 1.41 Å². The Morgan fingerprint density at radius 1 is 2.00 bits per heavy atom. The fourth-order valence-corrected chi connectivity index (χ4v) is 0.821. The van der Waals surface area contributed by atoms with Crippen molar-refractivity contribution in [2.75, 3.05) is 5.33 Å². The third-order valence-corrected chi connectivity index (χ3v) is 1.47. The Bertz CT molecular complexity index is 246. The molecule has 0 unspecified atom stereocenters. The minimum Gasteiger partial charge on any atom is -0.359 e. The summed E-state index contributed by atoms with van der Waals surface area (Å²) < 4.78 is 7.16. The summed E-state index contributed by atoms with van der Waals surface area (Å²) in [5.41, 5.74) is 0.414. The van der Waals surface area contributed by atoms with Gasteiger partial charge in [0.25, 0.3) is 0 Å². The predicted molar refractivity (Wildman–Crippen MR) is 38.9 cm³/mol. The van der Waals surface area contributed by atoms with E-state index in [-0.39, 0.29) is 11.1 Å². The van der Waals surface area contributed by atoms with Crippen molar-refractivity contribution in [2.24, 2.45) is 0 Å². The quantitative estimate of drug-likeness (QED) is 0.556. The van der Waals surface area contributed by atoms with Crippen LogP contribution in [-0.2, 0) is 0 Å². The van der Waals surface area contributed by atoms with E-state index in [9.17, 15) is 4.79 Å². The Morgan fingerprint density at radius 2 is 2.78 bits per heavy atom. The van der Waals surface area contributed by atoms with Gasteiger partial charge >= 0.3 is 0 Å². The highest BCUT2D eigenvalue weighted by molar-refractivity contribution is 9.09. The topological polar surface area (TPSA) is 32.9 Å². The molecule has 0 fully saturated rings. The molecule has 0 atom stereocenters. The summed E-state index contributed by atoms with van der Waals surface area (Å²) in [5.74, 6) is -0.0694. The molecule has 3 heteroatoms. The summed E-state index contributed by atoms with van der Waals surface area (Å²) >= 11 is 3.02. The summed E-state index contributed by atoms with van der Waals surface area (Å²) in [6.45, 7) is 0. The summed E-state index contributed by atoms with van der Waals surface area (Å²) in [6.07, 6.45) is 1.52. The minimum absolute atomic E-state index is 0.0694. The fourth-order valence-electron chi connectivity index (χ4n) is 0.534. The molecule has 1 rings (SSSR count). The maximum absolute atomic E-state index is 10.9. The van der Waals surface area contributed by atoms with Crippen LogP contribution < -0.4 is 0 Å². The van der Waals surface area contributed by atoms with Gasteiger partial charge in [-0.25, -0.2) is 0 Å². The number of H-pyrrole nitrogens is 1. The lowest BCUT2D eigenvalue weighted by molar-refractivity contribution is 0.102. The van der Waals surface area contributed by atoms with E-state index in [0.29, 0.717) is 5.69 Å². The van der Waals surface area contributed by atoms with Gasteiger partial charge in [0.2, 0.25) is 0 Å². The van der Waals surface area contributed by atoms with E-state index in [1.807, 2.05) is 0 Å². The number of hydrogen-bond donors (Lipinski definition) is 1. The number of hydrogen-bond acceptors (Lipinski definition) is 1. The van der Waals surface area contributed by atoms with Crippen LogP contribution in [0, 0.1) is 0 Å². The van der Waals surface area contributed by atoms with Crippen LogP contribution in [0.25, 0.3) is 0 Å². The van der Waals surface area contributed by atoms with Crippen LogP contribution in [0.1, 0.15) is 10.5 Å². The zero-order chi connectivity index (χ0) is 7.56. The van der Waals surface area contributed by atoms with Gasteiger partial charge in [-0.05, 0) is 12.1 Å². The normalized spacial score (nSPS) is 11.0. The van der Waals surface area contributed by atoms with Gasteiger partial charge in [-0.15, -0.1) is 0 Å². The van der Waals surface area contributed by atoms with Crippen molar-refractivity contribution in [3.05, 3.63) is 24.0 Å². The molecule has 2 nitrogen and oxygen atoms in total. The highest BCUT2D eigenvalue weighted by Gasteiger charge is 2.01. The van der Waals surface area contributed by atoms with Crippen LogP contribution in [0.3, 0.4) is 0 Å². The van der Waals surface area contributed by atoms with Crippen molar-refractivity contribution >= 4 is 21.7 Å². The van der Waals surface area contributed by atoms with Crippen LogP contribution >= 0.6 is 15.9 Å². The highest BCUT2D eigenvalue weighted by atomic mass is 79.9. The molecule has 1 heterocycles. The molecule has 48 valence electrons. The first-order valence-corrected chi connectivity index (χ1v) is 3.63. The molecule has 0 aromatic carbocycles. The van der Waals surface area contributed by atoms with Crippen molar-refractivity contribution in [1.82, 2.24) is 4.98 Å². The number of carbonyl (C=O) groups excluding carboxylic acids is 1. The molecule has 0 radical (unpaired) electrons. The molecule has 0 aliphatic carbocycles. The standard InChI is InChI=1S/C6H6BrNO/c7-4-6(9)5-2-1-3-8-5/h1-3,8H,4H2/i/hD. The van der Waals surface area contributed by atoms with Gasteiger partial charge in [0.05, 0.1) is 11.0 Å². The second-order valence-electron chi connectivity index (χ2n) is 1.58. The van der Waals surface area contributed by atoms with E-state index < -0.39 is 0 Å². The molecule has 9 heavy (non-hydrogen) atoms. The maximum atomic E-state index is 10.9. The highest BCUT2D eigenvalue weighted by Crippen LogP contribution is 1.97. The van der Waals surface area contributed by atoms with E-state index in [1.165, 1.54) is 6.20 Å². The zero-order valence-corrected chi connectivity index (χ0v) is 6.26. The number of carbonyl (C=O) groups is 1. The smallest absolute Gasteiger partial charge is 0.189 e. The number of Topliss-reactive ketones (excluding diaryl/α,β-unsaturated/α-hetero) is 1. The number of rotatable bonds is 2. The average Bonchev–Trinajstić information content (AvgIpc) is 2.34. The second kappa shape index (κ2) is 2.82. The molecule has 0 aliphatic rings. The van der Waals surface area contributed by atoms with Crippen molar-refractivity contribution in [1.29, 1.82) is 0 Å². The summed E-state index contributed by atoms with van der Waals surface area (Å²) in [6, 6.07) is 3.29. The van der Waals surface area contributed by atoms with E-state index in [1.54, 1.807) is 12.1 Å². The molecule has 0 spiro atoms. The van der Waals surface area contributed by atoms with Crippen molar-refractivity contribution < 1.29 is 6.21 Å². The maximum Gasteiger partial charge on any atom is 0.189 e. The first-order chi connectivity index (χ1) is 4.75. The molecule has 0 amide bonds. The summed E-state index contributed by atoms with van der Waals surface area (Å²) in [4.78, 5) is 12.0. The zero-order valence-electron chi connectivity index (χ0n) is 5.67. The van der Waals surface area contributed by atoms with E-state index >= 15 is 0 Å². The lowest BCUT2D eigenvalue weighted by atomic mass is 10.3. The largest absolute Gasteiger partial charge is 0.359 e. The molecule has 0 aliphatic heterocycles. The molecule has 1 aromatic heterocycles. The monoisotopic (exact) mass is 188 g/mol. The van der Waals surface area contributed by atoms with E-state index in [2.05, 4.69) is 15.9 Å². The van der Waals surface area contributed by atoms with Crippen LogP contribution in [0.4, 0.5) is 0 Å². The van der Waals surface area contributed by atoms with Gasteiger partial charge in [-0.2, -0.15) is 0 Å². The molecule has 1 N–H and O–H groups in total. The van der Waals surface area contributed by atoms with Gasteiger partial charge in [-0.1, -0.05) is 15.9 Å². The average molecular weight is 189 g/mol. The first-order valence-electron chi connectivity index (χ1n) is 2.96. The van der Waals surface area contributed by atoms with Gasteiger partial charge < -0.3 is 4.98 Å². The van der Waals surface area contributed by atoms with Crippen molar-refractivity contribution in [2.45, 2.75) is 0 Å². The molecule has 0 bridgehead atoms. The van der Waals surface area contributed by atoms with Crippen molar-refractivity contribution in [3.63, 3.8) is 0 Å². The lowest BCUT2D eigenvalue weighted by Crippen LogP contribution is -1.98. The Labute approximate surface area is 62.9 Å². The summed E-state index contributed by atoms with van der Waals surface area (Å²) in [7, 11) is 0. The van der Waals surface area contributed by atoms with E-state index in [0.717, 1.165) is 4.98 Å². The number of aromatic nitrogens is 1. The number of nitrogens with one attached hydrogen (secondary N) is 1. The van der Waals surface area contributed by atoms with Gasteiger partial charge in [0, 0.05) is 6.20 Å². The molecular formula is C6H6BrNO. The second-order valence-corrected chi connectivity index (χ2v) is 2.14. The third kappa shape index (κ3) is 1.42. The SMILES string of the molecule is [2H]n1cccc1C(=O)CBr. The minimum atomic E-state index is -0.0694. The van der Waals surface area contributed by atoms with Crippen LogP contribution in [0.5, 0.6) is 0 Å². The van der Waals surface area contributed by atoms with E-state index in [4.69, 9.17) is 1.41 Å². The Hall–Kier alpha value is -0.570. The molecule has 1 aromatic rings. The molecule has 0 saturated heterocycles. The number of halogens is 1. The molecule has 0 saturated carbocycles. The van der Waals surface area contributed by atoms with Crippen LogP contribution in [0.15, 0.2) is 18.3 Å². The third-order valence-electron chi connectivity index (χ3n) is 0.961. The first kappa shape index (κ1) is 5.23. The Kier molecular flexibility index (Phi) is 1.64. The van der Waals surface area contributed by atoms with Gasteiger partial charge in [0.1, 0.15) is 0 Å². The van der Waals surface area contributed by atoms with Crippen LogP contribution in [-0.4, -0.2) is 16.1 Å². The lowest BCUT2D eigenvalue weighted by Gasteiger charge is -1.86.